The molecule has 3 aromatic rings. The van der Waals surface area contributed by atoms with Crippen LogP contribution in [0.15, 0.2) is 91.0 Å². The average Bonchev–Trinajstić information content (AvgIpc) is 2.75. The summed E-state index contributed by atoms with van der Waals surface area (Å²) in [5.74, 6) is -3.92. The third-order valence-electron chi connectivity index (χ3n) is 5.14. The molecule has 0 radical (unpaired) electrons. The molecule has 3 aromatic carbocycles. The topological polar surface area (TPSA) is 26.3 Å². The molecule has 140 valence electrons. The Morgan fingerprint density at radius 2 is 1.15 bits per heavy atom. The van der Waals surface area contributed by atoms with Crippen LogP contribution in [0.5, 0.6) is 0 Å². The van der Waals surface area contributed by atoms with Gasteiger partial charge in [-0.2, -0.15) is 0 Å². The predicted octanol–water partition coefficient (Wildman–Crippen LogP) is 4.62. The van der Waals surface area contributed by atoms with Crippen molar-refractivity contribution in [3.05, 3.63) is 91.0 Å². The van der Waals surface area contributed by atoms with Crippen LogP contribution in [0, 0.1) is 0 Å². The molecular weight excluding hydrogens is 375 g/mol. The molecule has 0 fully saturated rings. The second kappa shape index (κ2) is 7.84. The number of rotatable bonds is 6. The van der Waals surface area contributed by atoms with Crippen molar-refractivity contribution in [1.29, 1.82) is 0 Å². The summed E-state index contributed by atoms with van der Waals surface area (Å²) in [5.41, 5.74) is -0.537. The Hall–Kier alpha value is -2.15. The van der Waals surface area contributed by atoms with Crippen LogP contribution in [0.2, 0.25) is 0 Å². The average molecular weight is 399 g/mol. The standard InChI is InChI=1S/C23H24ClO2P/c1-3-26-23(25)19(2)27(24,20-13-7-4-8-14-20,21-15-9-5-10-16-21)22-17-11-6-12-18-22/h4-19H,3H2,1-2H3. The Morgan fingerprint density at radius 3 is 1.44 bits per heavy atom. The van der Waals surface area contributed by atoms with Crippen molar-refractivity contribution in [3.8, 4) is 0 Å². The van der Waals surface area contributed by atoms with Crippen molar-refractivity contribution in [1.82, 2.24) is 0 Å². The first-order chi connectivity index (χ1) is 13.0. The van der Waals surface area contributed by atoms with Gasteiger partial charge in [0.1, 0.15) is 0 Å². The molecule has 0 aromatic heterocycles. The first-order valence-corrected chi connectivity index (χ1v) is 12.3. The molecule has 4 heteroatoms. The number of carbonyl (C=O) groups excluding carboxylic acids is 1. The van der Waals surface area contributed by atoms with Gasteiger partial charge in [0.05, 0.1) is 0 Å². The third kappa shape index (κ3) is 3.08. The van der Waals surface area contributed by atoms with Gasteiger partial charge in [0.2, 0.25) is 0 Å². The Balaban J connectivity index is 2.45. The molecule has 27 heavy (non-hydrogen) atoms. The van der Waals surface area contributed by atoms with Crippen molar-refractivity contribution in [2.24, 2.45) is 0 Å². The summed E-state index contributed by atoms with van der Waals surface area (Å²) < 4.78 is 5.45. The van der Waals surface area contributed by atoms with Crippen LogP contribution in [-0.4, -0.2) is 18.2 Å². The van der Waals surface area contributed by atoms with Crippen molar-refractivity contribution >= 4 is 39.1 Å². The Morgan fingerprint density at radius 1 is 0.815 bits per heavy atom. The van der Waals surface area contributed by atoms with Crippen LogP contribution in [0.1, 0.15) is 13.8 Å². The Bertz CT molecular complexity index is 798. The number of ether oxygens (including phenoxy) is 1. The zero-order valence-corrected chi connectivity index (χ0v) is 17.2. The van der Waals surface area contributed by atoms with Gasteiger partial charge >= 0.3 is 166 Å². The van der Waals surface area contributed by atoms with Crippen LogP contribution in [0.4, 0.5) is 0 Å². The first-order valence-electron chi connectivity index (χ1n) is 9.10. The van der Waals surface area contributed by atoms with Gasteiger partial charge in [-0.05, 0) is 0 Å². The number of esters is 1. The van der Waals surface area contributed by atoms with E-state index in [1.54, 1.807) is 0 Å². The SMILES string of the molecule is CCOC(=O)C(C)P(Cl)(c1ccccc1)(c1ccccc1)c1ccccc1. The monoisotopic (exact) mass is 398 g/mol. The summed E-state index contributed by atoms with van der Waals surface area (Å²) in [6, 6.07) is 29.9. The summed E-state index contributed by atoms with van der Waals surface area (Å²) in [7, 11) is 0. The minimum atomic E-state index is -3.65. The predicted molar refractivity (Wildman–Crippen MR) is 117 cm³/mol. The van der Waals surface area contributed by atoms with E-state index in [0.29, 0.717) is 6.61 Å². The fourth-order valence-electron chi connectivity index (χ4n) is 3.74. The zero-order chi connectivity index (χ0) is 19.4. The van der Waals surface area contributed by atoms with E-state index in [1.165, 1.54) is 0 Å². The molecule has 0 bridgehead atoms. The zero-order valence-electron chi connectivity index (χ0n) is 15.6. The number of halogens is 1. The molecule has 2 nitrogen and oxygen atoms in total. The number of hydrogen-bond donors (Lipinski definition) is 0. The van der Waals surface area contributed by atoms with Crippen LogP contribution in [0.25, 0.3) is 0 Å². The molecule has 0 heterocycles. The van der Waals surface area contributed by atoms with Crippen LogP contribution < -0.4 is 15.9 Å². The molecule has 0 amide bonds. The van der Waals surface area contributed by atoms with Crippen molar-refractivity contribution in [3.63, 3.8) is 0 Å². The summed E-state index contributed by atoms with van der Waals surface area (Å²) in [5, 5.41) is 2.88. The van der Waals surface area contributed by atoms with E-state index in [1.807, 2.05) is 105 Å². The Labute approximate surface area is 165 Å². The second-order valence-corrected chi connectivity index (χ2v) is 13.1. The molecule has 0 saturated carbocycles. The van der Waals surface area contributed by atoms with Gasteiger partial charge in [-0.1, -0.05) is 0 Å². The van der Waals surface area contributed by atoms with Gasteiger partial charge in [0.15, 0.2) is 0 Å². The molecule has 0 saturated heterocycles. The summed E-state index contributed by atoms with van der Waals surface area (Å²) in [6.45, 7) is 4.04. The second-order valence-electron chi connectivity index (χ2n) is 6.51. The van der Waals surface area contributed by atoms with Gasteiger partial charge in [-0.25, -0.2) is 0 Å². The molecule has 1 atom stereocenters. The molecule has 0 aliphatic rings. The molecule has 0 aliphatic heterocycles. The molecule has 0 N–H and O–H groups in total. The van der Waals surface area contributed by atoms with E-state index in [-0.39, 0.29) is 5.97 Å². The van der Waals surface area contributed by atoms with E-state index >= 15 is 0 Å². The van der Waals surface area contributed by atoms with Gasteiger partial charge in [-0.15, -0.1) is 0 Å². The van der Waals surface area contributed by atoms with Crippen molar-refractivity contribution in [2.75, 3.05) is 6.61 Å². The molecule has 1 unspecified atom stereocenters. The van der Waals surface area contributed by atoms with Gasteiger partial charge in [0.25, 0.3) is 0 Å². The fourth-order valence-corrected chi connectivity index (χ4v) is 9.96. The van der Waals surface area contributed by atoms with Crippen LogP contribution in [0.3, 0.4) is 0 Å². The third-order valence-corrected chi connectivity index (χ3v) is 13.4. The van der Waals surface area contributed by atoms with E-state index in [0.717, 1.165) is 15.9 Å². The van der Waals surface area contributed by atoms with E-state index in [2.05, 4.69) is 0 Å². The first kappa shape index (κ1) is 19.6. The van der Waals surface area contributed by atoms with E-state index in [4.69, 9.17) is 16.0 Å². The van der Waals surface area contributed by atoms with Crippen LogP contribution in [-0.2, 0) is 9.53 Å². The van der Waals surface area contributed by atoms with Crippen molar-refractivity contribution < 1.29 is 9.53 Å². The molecule has 0 spiro atoms. The van der Waals surface area contributed by atoms with E-state index < -0.39 is 11.6 Å². The normalized spacial score (nSPS) is 14.0. The summed E-state index contributed by atoms with van der Waals surface area (Å²) in [6.07, 6.45) is 0. The van der Waals surface area contributed by atoms with Crippen molar-refractivity contribution in [2.45, 2.75) is 19.5 Å². The van der Waals surface area contributed by atoms with Gasteiger partial charge in [0, 0.05) is 0 Å². The number of hydrogen-bond acceptors (Lipinski definition) is 2. The summed E-state index contributed by atoms with van der Waals surface area (Å²) >= 11 is 7.88. The molecule has 0 aliphatic carbocycles. The Kier molecular flexibility index (Phi) is 5.69. The molecule has 3 rings (SSSR count). The quantitative estimate of drug-likeness (QED) is 0.447. The maximum atomic E-state index is 13.0. The van der Waals surface area contributed by atoms with Gasteiger partial charge < -0.3 is 0 Å². The molecular formula is C23H24ClO2P. The van der Waals surface area contributed by atoms with E-state index in [9.17, 15) is 4.79 Å². The summed E-state index contributed by atoms with van der Waals surface area (Å²) in [4.78, 5) is 13.0. The van der Waals surface area contributed by atoms with Crippen LogP contribution >= 0.6 is 17.2 Å². The number of benzene rings is 3. The maximum absolute atomic E-state index is 13.0. The number of carbonyl (C=O) groups is 1. The fraction of sp³-hybridized carbons (Fsp3) is 0.174. The minimum absolute atomic E-state index is 0.276. The van der Waals surface area contributed by atoms with Gasteiger partial charge in [-0.3, -0.25) is 0 Å².